The van der Waals surface area contributed by atoms with Crippen molar-refractivity contribution in [2.45, 2.75) is 19.8 Å². The summed E-state index contributed by atoms with van der Waals surface area (Å²) in [6.07, 6.45) is 3.98. The Morgan fingerprint density at radius 1 is 1.22 bits per heavy atom. The molecule has 2 atom stereocenters. The van der Waals surface area contributed by atoms with Crippen molar-refractivity contribution in [3.05, 3.63) is 42.0 Å². The molecule has 18 heavy (non-hydrogen) atoms. The van der Waals surface area contributed by atoms with E-state index in [2.05, 4.69) is 13.0 Å². The third-order valence-corrected chi connectivity index (χ3v) is 4.32. The van der Waals surface area contributed by atoms with E-state index in [1.807, 2.05) is 30.3 Å². The quantitative estimate of drug-likeness (QED) is 0.568. The van der Waals surface area contributed by atoms with Crippen LogP contribution < -0.4 is 4.90 Å². The zero-order valence-corrected chi connectivity index (χ0v) is 11.1. The lowest BCUT2D eigenvalue weighted by Gasteiger charge is -2.20. The summed E-state index contributed by atoms with van der Waals surface area (Å²) in [5.41, 5.74) is 2.21. The van der Waals surface area contributed by atoms with Gasteiger partial charge in [0.1, 0.15) is 0 Å². The van der Waals surface area contributed by atoms with E-state index in [-0.39, 0.29) is 17.7 Å². The van der Waals surface area contributed by atoms with Crippen LogP contribution in [0, 0.1) is 11.8 Å². The molecular formula is C15H15NOS. The van der Waals surface area contributed by atoms with Crippen LogP contribution in [0.15, 0.2) is 42.0 Å². The molecule has 1 amide bonds. The summed E-state index contributed by atoms with van der Waals surface area (Å²) in [7, 11) is 0. The van der Waals surface area contributed by atoms with Crippen LogP contribution in [-0.2, 0) is 4.79 Å². The fourth-order valence-corrected chi connectivity index (χ4v) is 3.32. The van der Waals surface area contributed by atoms with Crippen LogP contribution in [0.3, 0.4) is 0 Å². The van der Waals surface area contributed by atoms with Crippen molar-refractivity contribution < 1.29 is 4.79 Å². The first-order valence-electron chi connectivity index (χ1n) is 6.27. The lowest BCUT2D eigenvalue weighted by atomic mass is 9.82. The molecule has 1 aromatic carbocycles. The Balaban J connectivity index is 1.96. The normalized spacial score (nSPS) is 27.2. The Morgan fingerprint density at radius 3 is 2.67 bits per heavy atom. The smallest absolute Gasteiger partial charge is 0.236 e. The van der Waals surface area contributed by atoms with Gasteiger partial charge in [0.15, 0.2) is 0 Å². The number of hydrogen-bond donors (Lipinski definition) is 0. The highest BCUT2D eigenvalue weighted by Crippen LogP contribution is 2.40. The highest BCUT2D eigenvalue weighted by Gasteiger charge is 2.45. The Labute approximate surface area is 112 Å². The van der Waals surface area contributed by atoms with Crippen LogP contribution in [-0.4, -0.2) is 10.9 Å². The summed E-state index contributed by atoms with van der Waals surface area (Å²) in [5, 5.41) is 0. The number of nitrogens with zero attached hydrogens (tertiary/aromatic N) is 1. The zero-order valence-electron chi connectivity index (χ0n) is 10.3. The lowest BCUT2D eigenvalue weighted by Crippen LogP contribution is -2.29. The van der Waals surface area contributed by atoms with E-state index in [1.54, 1.807) is 4.90 Å². The number of amides is 1. The van der Waals surface area contributed by atoms with E-state index in [1.165, 1.54) is 5.57 Å². The molecule has 0 unspecified atom stereocenters. The maximum absolute atomic E-state index is 12.5. The van der Waals surface area contributed by atoms with E-state index in [0.29, 0.717) is 0 Å². The third kappa shape index (κ3) is 1.70. The molecule has 1 aliphatic carbocycles. The molecule has 0 saturated carbocycles. The average Bonchev–Trinajstić information content (AvgIpc) is 2.63. The van der Waals surface area contributed by atoms with E-state index in [4.69, 9.17) is 12.2 Å². The van der Waals surface area contributed by atoms with Crippen LogP contribution in [0.5, 0.6) is 0 Å². The zero-order chi connectivity index (χ0) is 12.7. The van der Waals surface area contributed by atoms with Crippen molar-refractivity contribution in [2.75, 3.05) is 4.90 Å². The Hall–Kier alpha value is -1.48. The minimum Gasteiger partial charge on any atom is -0.274 e. The van der Waals surface area contributed by atoms with Gasteiger partial charge in [0.2, 0.25) is 5.91 Å². The van der Waals surface area contributed by atoms with Crippen molar-refractivity contribution in [1.82, 2.24) is 0 Å². The molecule has 1 heterocycles. The van der Waals surface area contributed by atoms with Crippen LogP contribution in [0.1, 0.15) is 19.8 Å². The van der Waals surface area contributed by atoms with Crippen LogP contribution in [0.4, 0.5) is 5.69 Å². The van der Waals surface area contributed by atoms with Crippen molar-refractivity contribution in [2.24, 2.45) is 11.8 Å². The Kier molecular flexibility index (Phi) is 2.78. The van der Waals surface area contributed by atoms with Gasteiger partial charge in [0.25, 0.3) is 0 Å². The van der Waals surface area contributed by atoms with Gasteiger partial charge >= 0.3 is 0 Å². The monoisotopic (exact) mass is 257 g/mol. The first-order valence-corrected chi connectivity index (χ1v) is 6.68. The summed E-state index contributed by atoms with van der Waals surface area (Å²) in [6, 6.07) is 9.73. The number of hydrogen-bond acceptors (Lipinski definition) is 2. The largest absolute Gasteiger partial charge is 0.274 e. The first-order chi connectivity index (χ1) is 8.68. The molecule has 92 valence electrons. The minimum absolute atomic E-state index is 0.0581. The summed E-state index contributed by atoms with van der Waals surface area (Å²) in [4.78, 5) is 15.0. The van der Waals surface area contributed by atoms with Crippen molar-refractivity contribution in [3.8, 4) is 0 Å². The van der Waals surface area contributed by atoms with Crippen LogP contribution in [0.2, 0.25) is 0 Å². The van der Waals surface area contributed by atoms with E-state index >= 15 is 0 Å². The Morgan fingerprint density at radius 2 is 1.94 bits per heavy atom. The molecule has 1 aliphatic heterocycles. The molecule has 0 N–H and O–H groups in total. The van der Waals surface area contributed by atoms with Gasteiger partial charge in [-0.05, 0) is 31.9 Å². The third-order valence-electron chi connectivity index (χ3n) is 3.84. The van der Waals surface area contributed by atoms with E-state index in [0.717, 1.165) is 23.5 Å². The SMILES string of the molecule is CC1=CC[C@@H]2C(=S)N(c3ccccc3)C(=O)[C@@H]2C1. The van der Waals surface area contributed by atoms with Crippen molar-refractivity contribution in [3.63, 3.8) is 0 Å². The highest BCUT2D eigenvalue weighted by molar-refractivity contribution is 7.80. The number of thiocarbonyl (C=S) groups is 1. The molecule has 0 bridgehead atoms. The molecule has 0 radical (unpaired) electrons. The van der Waals surface area contributed by atoms with E-state index in [9.17, 15) is 4.79 Å². The van der Waals surface area contributed by atoms with Gasteiger partial charge in [-0.1, -0.05) is 42.1 Å². The van der Waals surface area contributed by atoms with Gasteiger partial charge in [-0.3, -0.25) is 9.69 Å². The number of carbonyl (C=O) groups excluding carboxylic acids is 1. The molecule has 1 fully saturated rings. The fourth-order valence-electron chi connectivity index (χ4n) is 2.87. The van der Waals surface area contributed by atoms with Gasteiger partial charge in [-0.2, -0.15) is 0 Å². The van der Waals surface area contributed by atoms with Gasteiger partial charge in [0, 0.05) is 11.6 Å². The van der Waals surface area contributed by atoms with Gasteiger partial charge in [0.05, 0.1) is 10.9 Å². The average molecular weight is 257 g/mol. The minimum atomic E-state index is 0.0581. The highest BCUT2D eigenvalue weighted by atomic mass is 32.1. The maximum atomic E-state index is 12.5. The Bertz CT molecular complexity index is 535. The summed E-state index contributed by atoms with van der Waals surface area (Å²) >= 11 is 5.51. The molecule has 1 aromatic rings. The number of para-hydroxylation sites is 1. The van der Waals surface area contributed by atoms with Crippen LogP contribution >= 0.6 is 12.2 Å². The van der Waals surface area contributed by atoms with Crippen molar-refractivity contribution in [1.29, 1.82) is 0 Å². The molecule has 0 aromatic heterocycles. The number of benzene rings is 1. The number of fused-ring (bicyclic) bond motifs is 1. The second-order valence-electron chi connectivity index (χ2n) is 5.05. The molecule has 1 saturated heterocycles. The predicted molar refractivity (Wildman–Crippen MR) is 76.5 cm³/mol. The number of anilines is 1. The molecule has 0 spiro atoms. The van der Waals surface area contributed by atoms with Gasteiger partial charge in [-0.15, -0.1) is 0 Å². The molecule has 2 nitrogen and oxygen atoms in total. The maximum Gasteiger partial charge on any atom is 0.236 e. The first kappa shape index (κ1) is 11.6. The standard InChI is InChI=1S/C15H15NOS/c1-10-7-8-12-13(9-10)14(17)16(15(12)18)11-5-3-2-4-6-11/h2-7,12-13H,8-9H2,1H3/t12-,13+/m0/s1. The number of carbonyl (C=O) groups is 1. The molecule has 3 heteroatoms. The number of rotatable bonds is 1. The second kappa shape index (κ2) is 4.32. The lowest BCUT2D eigenvalue weighted by molar-refractivity contribution is -0.121. The molecule has 2 aliphatic rings. The molecule has 3 rings (SSSR count). The molecular weight excluding hydrogens is 242 g/mol. The second-order valence-corrected chi connectivity index (χ2v) is 5.47. The summed E-state index contributed by atoms with van der Waals surface area (Å²) < 4.78 is 0. The van der Waals surface area contributed by atoms with Crippen molar-refractivity contribution >= 4 is 28.8 Å². The number of allylic oxidation sites excluding steroid dienone is 2. The topological polar surface area (TPSA) is 20.3 Å². The summed E-state index contributed by atoms with van der Waals surface area (Å²) in [5.74, 6) is 0.447. The summed E-state index contributed by atoms with van der Waals surface area (Å²) in [6.45, 7) is 2.09. The van der Waals surface area contributed by atoms with E-state index < -0.39 is 0 Å². The predicted octanol–water partition coefficient (Wildman–Crippen LogP) is 3.33. The van der Waals surface area contributed by atoms with Crippen LogP contribution in [0.25, 0.3) is 0 Å². The fraction of sp³-hybridized carbons (Fsp3) is 0.333. The van der Waals surface area contributed by atoms with Gasteiger partial charge in [-0.25, -0.2) is 0 Å². The van der Waals surface area contributed by atoms with Gasteiger partial charge < -0.3 is 0 Å².